The Morgan fingerprint density at radius 1 is 1.00 bits per heavy atom. The largest absolute Gasteiger partial charge is 0.352 e. The second-order valence-electron chi connectivity index (χ2n) is 9.18. The molecule has 0 unspecified atom stereocenters. The average molecular weight is 509 g/mol. The molecule has 0 saturated heterocycles. The van der Waals surface area contributed by atoms with Gasteiger partial charge in [-0.15, -0.1) is 11.3 Å². The third kappa shape index (κ3) is 4.48. The molecule has 10 heteroatoms. The van der Waals surface area contributed by atoms with Crippen molar-refractivity contribution in [1.29, 1.82) is 0 Å². The van der Waals surface area contributed by atoms with Crippen LogP contribution in [-0.2, 0) is 4.79 Å². The van der Waals surface area contributed by atoms with E-state index in [4.69, 9.17) is 0 Å². The Kier molecular flexibility index (Phi) is 5.74. The summed E-state index contributed by atoms with van der Waals surface area (Å²) < 4.78 is 0. The molecule has 6 aromatic heterocycles. The number of pyridine rings is 3. The van der Waals surface area contributed by atoms with Gasteiger partial charge in [0.05, 0.1) is 41.5 Å². The van der Waals surface area contributed by atoms with Gasteiger partial charge in [-0.3, -0.25) is 19.9 Å². The Morgan fingerprint density at radius 3 is 2.65 bits per heavy atom. The monoisotopic (exact) mass is 508 g/mol. The minimum absolute atomic E-state index is 0.0972. The van der Waals surface area contributed by atoms with E-state index < -0.39 is 0 Å². The lowest BCUT2D eigenvalue weighted by Crippen LogP contribution is -2.27. The topological polar surface area (TPSA) is 115 Å². The highest BCUT2D eigenvalue weighted by Gasteiger charge is 2.16. The second kappa shape index (κ2) is 9.23. The third-order valence-electron chi connectivity index (χ3n) is 6.05. The van der Waals surface area contributed by atoms with Crippen molar-refractivity contribution in [3.63, 3.8) is 0 Å². The molecule has 0 saturated carbocycles. The number of amides is 1. The van der Waals surface area contributed by atoms with Crippen LogP contribution >= 0.6 is 11.3 Å². The van der Waals surface area contributed by atoms with E-state index in [0.717, 1.165) is 44.4 Å². The maximum atomic E-state index is 12.2. The first-order chi connectivity index (χ1) is 17.9. The van der Waals surface area contributed by atoms with Gasteiger partial charge in [0.15, 0.2) is 5.65 Å². The van der Waals surface area contributed by atoms with Crippen molar-refractivity contribution in [2.75, 3.05) is 26.0 Å². The minimum Gasteiger partial charge on any atom is -0.352 e. The smallest absolute Gasteiger partial charge is 0.238 e. The predicted octanol–water partition coefficient (Wildman–Crippen LogP) is 5.10. The Labute approximate surface area is 216 Å². The molecular formula is C27H24N8OS. The molecule has 184 valence electrons. The van der Waals surface area contributed by atoms with Gasteiger partial charge in [-0.05, 0) is 51.4 Å². The highest BCUT2D eigenvalue weighted by atomic mass is 32.1. The first-order valence-electron chi connectivity index (χ1n) is 11.7. The number of anilines is 1. The van der Waals surface area contributed by atoms with Gasteiger partial charge in [-0.25, -0.2) is 4.98 Å². The summed E-state index contributed by atoms with van der Waals surface area (Å²) in [6.07, 6.45) is 8.91. The zero-order chi connectivity index (χ0) is 25.5. The number of carbonyl (C=O) groups is 1. The number of hydrogen-bond acceptors (Lipinski definition) is 7. The molecule has 9 nitrogen and oxygen atoms in total. The van der Waals surface area contributed by atoms with Crippen molar-refractivity contribution < 1.29 is 4.79 Å². The molecule has 6 heterocycles. The summed E-state index contributed by atoms with van der Waals surface area (Å²) >= 11 is 1.75. The summed E-state index contributed by atoms with van der Waals surface area (Å²) in [7, 11) is 3.70. The molecule has 0 fully saturated rings. The van der Waals surface area contributed by atoms with Crippen LogP contribution in [0.2, 0.25) is 0 Å². The number of aromatic nitrogens is 6. The molecule has 0 bridgehead atoms. The zero-order valence-electron chi connectivity index (χ0n) is 20.5. The van der Waals surface area contributed by atoms with Gasteiger partial charge in [-0.2, -0.15) is 5.10 Å². The minimum atomic E-state index is -0.0972. The van der Waals surface area contributed by atoms with Crippen LogP contribution in [0.5, 0.6) is 0 Å². The van der Waals surface area contributed by atoms with Crippen LogP contribution in [0, 0.1) is 6.92 Å². The van der Waals surface area contributed by atoms with Gasteiger partial charge < -0.3 is 15.2 Å². The molecule has 0 aliphatic rings. The second-order valence-corrected chi connectivity index (χ2v) is 10.5. The average Bonchev–Trinajstić information content (AvgIpc) is 3.60. The number of aryl methyl sites for hydroxylation is 1. The molecular weight excluding hydrogens is 484 g/mol. The van der Waals surface area contributed by atoms with Crippen LogP contribution in [-0.4, -0.2) is 61.6 Å². The van der Waals surface area contributed by atoms with E-state index in [2.05, 4.69) is 60.6 Å². The van der Waals surface area contributed by atoms with E-state index in [1.54, 1.807) is 29.9 Å². The van der Waals surface area contributed by atoms with Crippen molar-refractivity contribution in [3.05, 3.63) is 66.2 Å². The number of aromatic amines is 2. The highest BCUT2D eigenvalue weighted by molar-refractivity contribution is 7.15. The SMILES string of the molecule is Cc1ccc(-c2cncc3[nH]c(-c4[nH]nc5ncc(-c6cncc(NC(=O)CN(C)C)c6)cc45)cc23)s1. The summed E-state index contributed by atoms with van der Waals surface area (Å²) in [4.78, 5) is 33.3. The van der Waals surface area contributed by atoms with Gasteiger partial charge in [0.2, 0.25) is 5.91 Å². The molecule has 1 amide bonds. The third-order valence-corrected chi connectivity index (χ3v) is 7.08. The van der Waals surface area contributed by atoms with Crippen molar-refractivity contribution >= 4 is 44.9 Å². The van der Waals surface area contributed by atoms with Crippen LogP contribution in [0.3, 0.4) is 0 Å². The number of rotatable bonds is 6. The molecule has 6 aromatic rings. The molecule has 0 aliphatic carbocycles. The van der Waals surface area contributed by atoms with Gasteiger partial charge >= 0.3 is 0 Å². The van der Waals surface area contributed by atoms with Gasteiger partial charge in [0.25, 0.3) is 0 Å². The maximum Gasteiger partial charge on any atom is 0.238 e. The fourth-order valence-electron chi connectivity index (χ4n) is 4.38. The standard InChI is InChI=1S/C27H24N8OS/c1-15-4-5-24(37-15)21-12-29-13-23-19(21)8-22(32-23)26-20-7-17(10-30-27(20)34-33-26)16-6-18(11-28-9-16)31-25(36)14-35(2)3/h4-13,32H,14H2,1-3H3,(H,31,36)(H,30,33,34). The number of fused-ring (bicyclic) bond motifs is 2. The molecule has 0 radical (unpaired) electrons. The molecule has 3 N–H and O–H groups in total. The summed E-state index contributed by atoms with van der Waals surface area (Å²) in [6.45, 7) is 2.40. The number of nitrogens with one attached hydrogen (secondary N) is 3. The normalized spacial score (nSPS) is 11.6. The fourth-order valence-corrected chi connectivity index (χ4v) is 5.27. The van der Waals surface area contributed by atoms with E-state index >= 15 is 0 Å². The highest BCUT2D eigenvalue weighted by Crippen LogP contribution is 2.36. The van der Waals surface area contributed by atoms with Gasteiger partial charge in [-0.1, -0.05) is 0 Å². The fraction of sp³-hybridized carbons (Fsp3) is 0.148. The lowest BCUT2D eigenvalue weighted by Gasteiger charge is -2.10. The Balaban J connectivity index is 1.38. The summed E-state index contributed by atoms with van der Waals surface area (Å²) in [5.74, 6) is -0.0972. The molecule has 0 spiro atoms. The lowest BCUT2D eigenvalue weighted by atomic mass is 10.1. The van der Waals surface area contributed by atoms with Crippen molar-refractivity contribution in [1.82, 2.24) is 35.0 Å². The Morgan fingerprint density at radius 2 is 1.84 bits per heavy atom. The first kappa shape index (κ1) is 23.0. The van der Waals surface area contributed by atoms with Crippen molar-refractivity contribution in [2.24, 2.45) is 0 Å². The molecule has 0 aliphatic heterocycles. The molecule has 6 rings (SSSR count). The number of nitrogens with zero attached hydrogens (tertiary/aromatic N) is 5. The van der Waals surface area contributed by atoms with Crippen LogP contribution in [0.4, 0.5) is 5.69 Å². The van der Waals surface area contributed by atoms with Crippen LogP contribution < -0.4 is 5.32 Å². The summed E-state index contributed by atoms with van der Waals surface area (Å²) in [5, 5.41) is 12.5. The lowest BCUT2D eigenvalue weighted by molar-refractivity contribution is -0.116. The number of hydrogen-bond donors (Lipinski definition) is 3. The predicted molar refractivity (Wildman–Crippen MR) is 147 cm³/mol. The molecule has 37 heavy (non-hydrogen) atoms. The summed E-state index contributed by atoms with van der Waals surface area (Å²) in [6, 6.07) is 10.3. The number of likely N-dealkylation sites (N-methyl/N-ethyl adjacent to an activating group) is 1. The van der Waals surface area contributed by atoms with Crippen LogP contribution in [0.25, 0.3) is 54.9 Å². The Bertz CT molecular complexity index is 1760. The number of H-pyrrole nitrogens is 2. The zero-order valence-corrected chi connectivity index (χ0v) is 21.3. The van der Waals surface area contributed by atoms with E-state index in [9.17, 15) is 4.79 Å². The van der Waals surface area contributed by atoms with Crippen molar-refractivity contribution in [3.8, 4) is 33.0 Å². The maximum absolute atomic E-state index is 12.2. The van der Waals surface area contributed by atoms with Crippen LogP contribution in [0.1, 0.15) is 4.88 Å². The number of carbonyl (C=O) groups excluding carboxylic acids is 1. The van der Waals surface area contributed by atoms with Crippen LogP contribution in [0.15, 0.2) is 61.3 Å². The van der Waals surface area contributed by atoms with Gasteiger partial charge in [0.1, 0.15) is 0 Å². The number of thiophene rings is 1. The molecule has 0 aromatic carbocycles. The van der Waals surface area contributed by atoms with E-state index in [1.165, 1.54) is 9.75 Å². The first-order valence-corrected chi connectivity index (χ1v) is 12.5. The van der Waals surface area contributed by atoms with E-state index in [-0.39, 0.29) is 5.91 Å². The van der Waals surface area contributed by atoms with E-state index in [0.29, 0.717) is 17.9 Å². The summed E-state index contributed by atoms with van der Waals surface area (Å²) in [5.41, 5.74) is 6.78. The van der Waals surface area contributed by atoms with E-state index in [1.807, 2.05) is 43.5 Å². The Hall–Kier alpha value is -4.41. The van der Waals surface area contributed by atoms with Crippen molar-refractivity contribution in [2.45, 2.75) is 6.92 Å². The molecule has 0 atom stereocenters. The van der Waals surface area contributed by atoms with Gasteiger partial charge in [0, 0.05) is 55.8 Å². The quantitative estimate of drug-likeness (QED) is 0.288.